The van der Waals surface area contributed by atoms with Gasteiger partial charge >= 0.3 is 11.4 Å². The summed E-state index contributed by atoms with van der Waals surface area (Å²) in [6.45, 7) is 1.80. The zero-order chi connectivity index (χ0) is 19.7. The van der Waals surface area contributed by atoms with E-state index in [0.717, 1.165) is 10.1 Å². The van der Waals surface area contributed by atoms with Crippen molar-refractivity contribution in [2.45, 2.75) is 13.0 Å². The lowest BCUT2D eigenvalue weighted by molar-refractivity contribution is 0.0940. The Bertz CT molecular complexity index is 1090. The number of rotatable bonds is 4. The third-order valence-electron chi connectivity index (χ3n) is 4.42. The first-order valence-corrected chi connectivity index (χ1v) is 8.31. The lowest BCUT2D eigenvalue weighted by atomic mass is 10.1. The highest BCUT2D eigenvalue weighted by atomic mass is 19.1. The molecule has 0 bridgehead atoms. The second-order valence-electron chi connectivity index (χ2n) is 6.25. The summed E-state index contributed by atoms with van der Waals surface area (Å²) in [5.74, 6) is -0.633. The van der Waals surface area contributed by atoms with Gasteiger partial charge in [-0.1, -0.05) is 12.1 Å². The molecule has 0 radical (unpaired) electrons. The molecular formula is C19H19FN4O3. The zero-order valence-corrected chi connectivity index (χ0v) is 15.1. The van der Waals surface area contributed by atoms with Crippen LogP contribution in [0, 0.1) is 5.82 Å². The molecule has 1 amide bonds. The summed E-state index contributed by atoms with van der Waals surface area (Å²) >= 11 is 0. The number of benzene rings is 2. The van der Waals surface area contributed by atoms with Crippen LogP contribution in [0.4, 0.5) is 4.39 Å². The van der Waals surface area contributed by atoms with E-state index in [0.29, 0.717) is 11.3 Å². The minimum absolute atomic E-state index is 0.296. The van der Waals surface area contributed by atoms with E-state index in [1.165, 1.54) is 35.6 Å². The highest BCUT2D eigenvalue weighted by Crippen LogP contribution is 2.14. The second-order valence-corrected chi connectivity index (χ2v) is 6.25. The van der Waals surface area contributed by atoms with Gasteiger partial charge in [0.15, 0.2) is 0 Å². The normalized spacial score (nSPS) is 12.0. The largest absolute Gasteiger partial charge is 0.351 e. The standard InChI is InChI=1S/C19H19FN4O3/c1-12(13-4-8-15(20)9-5-13)21-17(25)14-6-10-16(11-7-14)24-19(27)22(2)18(26)23(24)3/h4-12H,1-3H3,(H,21,25). The number of nitrogens with one attached hydrogen (secondary N) is 1. The molecule has 1 N–H and O–H groups in total. The van der Waals surface area contributed by atoms with Gasteiger partial charge in [-0.15, -0.1) is 0 Å². The number of halogens is 1. The van der Waals surface area contributed by atoms with Gasteiger partial charge in [0.25, 0.3) is 5.91 Å². The van der Waals surface area contributed by atoms with E-state index in [-0.39, 0.29) is 17.8 Å². The summed E-state index contributed by atoms with van der Waals surface area (Å²) < 4.78 is 16.4. The Morgan fingerprint density at radius 2 is 1.56 bits per heavy atom. The third kappa shape index (κ3) is 3.46. The average molecular weight is 370 g/mol. The van der Waals surface area contributed by atoms with Crippen molar-refractivity contribution in [1.29, 1.82) is 0 Å². The molecule has 3 rings (SSSR count). The van der Waals surface area contributed by atoms with Gasteiger partial charge in [-0.2, -0.15) is 4.68 Å². The van der Waals surface area contributed by atoms with Crippen molar-refractivity contribution in [3.8, 4) is 5.69 Å². The molecule has 0 fully saturated rings. The van der Waals surface area contributed by atoms with E-state index >= 15 is 0 Å². The number of amides is 1. The van der Waals surface area contributed by atoms with Crippen LogP contribution in [0.2, 0.25) is 0 Å². The van der Waals surface area contributed by atoms with Crippen molar-refractivity contribution < 1.29 is 9.18 Å². The summed E-state index contributed by atoms with van der Waals surface area (Å²) in [5, 5.41) is 2.84. The molecule has 3 aromatic rings. The quantitative estimate of drug-likeness (QED) is 0.756. The minimum atomic E-state index is -0.468. The fraction of sp³-hybridized carbons (Fsp3) is 0.211. The molecule has 0 spiro atoms. The minimum Gasteiger partial charge on any atom is -0.346 e. The van der Waals surface area contributed by atoms with Crippen LogP contribution < -0.4 is 16.7 Å². The maximum atomic E-state index is 13.0. The van der Waals surface area contributed by atoms with E-state index in [9.17, 15) is 18.8 Å². The van der Waals surface area contributed by atoms with Gasteiger partial charge < -0.3 is 5.32 Å². The molecule has 1 aromatic heterocycles. The number of carbonyl (C=O) groups excluding carboxylic acids is 1. The van der Waals surface area contributed by atoms with Crippen LogP contribution in [0.3, 0.4) is 0 Å². The predicted molar refractivity (Wildman–Crippen MR) is 98.5 cm³/mol. The zero-order valence-electron chi connectivity index (χ0n) is 15.1. The molecule has 0 saturated carbocycles. The van der Waals surface area contributed by atoms with E-state index in [1.807, 2.05) is 0 Å². The summed E-state index contributed by atoms with van der Waals surface area (Å²) in [6, 6.07) is 12.0. The molecule has 0 aliphatic rings. The van der Waals surface area contributed by atoms with Crippen LogP contribution in [0.15, 0.2) is 58.1 Å². The Kier molecular flexibility index (Phi) is 4.81. The molecule has 7 nitrogen and oxygen atoms in total. The Morgan fingerprint density at radius 1 is 0.963 bits per heavy atom. The Balaban J connectivity index is 1.80. The number of aromatic nitrogens is 3. The molecule has 2 aromatic carbocycles. The average Bonchev–Trinajstić information content (AvgIpc) is 2.85. The van der Waals surface area contributed by atoms with Crippen LogP contribution in [-0.4, -0.2) is 19.8 Å². The predicted octanol–water partition coefficient (Wildman–Crippen LogP) is 1.50. The maximum absolute atomic E-state index is 13.0. The van der Waals surface area contributed by atoms with Gasteiger partial charge in [0.1, 0.15) is 5.82 Å². The van der Waals surface area contributed by atoms with Gasteiger partial charge in [0.05, 0.1) is 11.7 Å². The van der Waals surface area contributed by atoms with Gasteiger partial charge in [-0.05, 0) is 48.9 Å². The molecule has 1 unspecified atom stereocenters. The number of carbonyl (C=O) groups is 1. The van der Waals surface area contributed by atoms with E-state index in [4.69, 9.17) is 0 Å². The van der Waals surface area contributed by atoms with Gasteiger partial charge in [0, 0.05) is 19.7 Å². The Morgan fingerprint density at radius 3 is 2.07 bits per heavy atom. The monoisotopic (exact) mass is 370 g/mol. The highest BCUT2D eigenvalue weighted by molar-refractivity contribution is 5.94. The maximum Gasteiger partial charge on any atom is 0.351 e. The van der Waals surface area contributed by atoms with E-state index in [2.05, 4.69) is 5.32 Å². The third-order valence-corrected chi connectivity index (χ3v) is 4.42. The van der Waals surface area contributed by atoms with E-state index in [1.54, 1.807) is 43.3 Å². The van der Waals surface area contributed by atoms with Crippen LogP contribution in [-0.2, 0) is 14.1 Å². The molecule has 0 saturated heterocycles. The van der Waals surface area contributed by atoms with Crippen molar-refractivity contribution in [2.75, 3.05) is 0 Å². The summed E-state index contributed by atoms with van der Waals surface area (Å²) in [6.07, 6.45) is 0. The number of hydrogen-bond donors (Lipinski definition) is 1. The van der Waals surface area contributed by atoms with Crippen LogP contribution in [0.5, 0.6) is 0 Å². The molecule has 1 atom stereocenters. The SMILES string of the molecule is CC(NC(=O)c1ccc(-n2c(=O)n(C)c(=O)n2C)cc1)c1ccc(F)cc1. The van der Waals surface area contributed by atoms with Gasteiger partial charge in [0.2, 0.25) is 0 Å². The fourth-order valence-corrected chi connectivity index (χ4v) is 2.81. The molecule has 0 aliphatic heterocycles. The first-order chi connectivity index (χ1) is 12.8. The molecule has 1 heterocycles. The summed E-state index contributed by atoms with van der Waals surface area (Å²) in [5.41, 5.74) is 0.761. The van der Waals surface area contributed by atoms with Crippen molar-refractivity contribution in [3.63, 3.8) is 0 Å². The van der Waals surface area contributed by atoms with Crippen molar-refractivity contribution in [2.24, 2.45) is 14.1 Å². The Hall–Kier alpha value is -3.42. The van der Waals surface area contributed by atoms with E-state index < -0.39 is 11.4 Å². The lowest BCUT2D eigenvalue weighted by Crippen LogP contribution is -2.27. The van der Waals surface area contributed by atoms with Crippen LogP contribution in [0.1, 0.15) is 28.9 Å². The topological polar surface area (TPSA) is 78.0 Å². The summed E-state index contributed by atoms with van der Waals surface area (Å²) in [4.78, 5) is 36.4. The highest BCUT2D eigenvalue weighted by Gasteiger charge is 2.14. The van der Waals surface area contributed by atoms with Gasteiger partial charge in [-0.3, -0.25) is 4.79 Å². The lowest BCUT2D eigenvalue weighted by Gasteiger charge is -2.14. The smallest absolute Gasteiger partial charge is 0.346 e. The van der Waals surface area contributed by atoms with Crippen LogP contribution >= 0.6 is 0 Å². The first kappa shape index (κ1) is 18.4. The van der Waals surface area contributed by atoms with Crippen molar-refractivity contribution in [3.05, 3.63) is 86.4 Å². The second kappa shape index (κ2) is 7.06. The fourth-order valence-electron chi connectivity index (χ4n) is 2.81. The van der Waals surface area contributed by atoms with Crippen molar-refractivity contribution >= 4 is 5.91 Å². The molecular weight excluding hydrogens is 351 g/mol. The molecule has 0 aliphatic carbocycles. The van der Waals surface area contributed by atoms with Gasteiger partial charge in [-0.25, -0.2) is 23.2 Å². The summed E-state index contributed by atoms with van der Waals surface area (Å²) in [7, 11) is 2.90. The molecule has 8 heteroatoms. The molecule has 140 valence electrons. The van der Waals surface area contributed by atoms with Crippen LogP contribution in [0.25, 0.3) is 5.69 Å². The van der Waals surface area contributed by atoms with Crippen molar-refractivity contribution in [1.82, 2.24) is 19.2 Å². The first-order valence-electron chi connectivity index (χ1n) is 8.31. The number of nitrogens with zero attached hydrogens (tertiary/aromatic N) is 3. The Labute approximate surface area is 154 Å². The molecule has 27 heavy (non-hydrogen) atoms. The number of hydrogen-bond acceptors (Lipinski definition) is 3.